The van der Waals surface area contributed by atoms with E-state index in [9.17, 15) is 19.7 Å². The summed E-state index contributed by atoms with van der Waals surface area (Å²) in [7, 11) is 1.33. The zero-order valence-corrected chi connectivity index (χ0v) is 17.3. The van der Waals surface area contributed by atoms with Crippen LogP contribution in [0.3, 0.4) is 0 Å². The summed E-state index contributed by atoms with van der Waals surface area (Å²) >= 11 is 0. The van der Waals surface area contributed by atoms with Gasteiger partial charge in [-0.3, -0.25) is 20.2 Å². The average Bonchev–Trinajstić information content (AvgIpc) is 3.14. The van der Waals surface area contributed by atoms with Crippen molar-refractivity contribution >= 4 is 23.4 Å². The first-order chi connectivity index (χ1) is 14.1. The Bertz CT molecular complexity index is 946. The number of nitro groups is 1. The molecule has 2 aromatic rings. The molecule has 1 N–H and O–H groups in total. The van der Waals surface area contributed by atoms with Gasteiger partial charge in [-0.05, 0) is 6.92 Å². The molecule has 30 heavy (non-hydrogen) atoms. The monoisotopic (exact) mass is 421 g/mol. The van der Waals surface area contributed by atoms with Gasteiger partial charge in [-0.25, -0.2) is 4.79 Å². The first-order valence-electron chi connectivity index (χ1n) is 9.00. The van der Waals surface area contributed by atoms with Gasteiger partial charge < -0.3 is 18.7 Å². The lowest BCUT2D eigenvalue weighted by Crippen LogP contribution is -2.21. The van der Waals surface area contributed by atoms with Crippen molar-refractivity contribution in [3.8, 4) is 11.5 Å². The molecule has 1 aromatic heterocycles. The molecule has 0 aliphatic heterocycles. The van der Waals surface area contributed by atoms with Gasteiger partial charge in [0.05, 0.1) is 30.4 Å². The van der Waals surface area contributed by atoms with Crippen LogP contribution in [0.4, 0.5) is 11.6 Å². The maximum atomic E-state index is 12.4. The van der Waals surface area contributed by atoms with Crippen LogP contribution in [-0.4, -0.2) is 42.3 Å². The van der Waals surface area contributed by atoms with Gasteiger partial charge in [0.2, 0.25) is 5.88 Å². The molecular formula is C19H23N3O8. The van der Waals surface area contributed by atoms with E-state index >= 15 is 0 Å². The quantitative estimate of drug-likeness (QED) is 0.386. The molecule has 162 valence electrons. The zero-order chi connectivity index (χ0) is 22.5. The second-order valence-electron chi connectivity index (χ2n) is 7.16. The summed E-state index contributed by atoms with van der Waals surface area (Å²) < 4.78 is 20.3. The van der Waals surface area contributed by atoms with Gasteiger partial charge in [-0.1, -0.05) is 25.9 Å². The highest BCUT2D eigenvalue weighted by Gasteiger charge is 2.26. The van der Waals surface area contributed by atoms with Crippen LogP contribution in [0, 0.1) is 10.1 Å². The van der Waals surface area contributed by atoms with Crippen LogP contribution < -0.4 is 14.8 Å². The second-order valence-corrected chi connectivity index (χ2v) is 7.16. The number of hydrogen-bond acceptors (Lipinski definition) is 9. The fraction of sp³-hybridized carbons (Fsp3) is 0.421. The number of anilines is 1. The van der Waals surface area contributed by atoms with Crippen molar-refractivity contribution in [2.24, 2.45) is 0 Å². The lowest BCUT2D eigenvalue weighted by Gasteiger charge is -2.12. The molecule has 0 saturated heterocycles. The van der Waals surface area contributed by atoms with E-state index in [4.69, 9.17) is 18.7 Å². The van der Waals surface area contributed by atoms with E-state index in [1.807, 2.05) is 20.8 Å². The summed E-state index contributed by atoms with van der Waals surface area (Å²) in [5.41, 5.74) is -0.547. The predicted octanol–water partition coefficient (Wildman–Crippen LogP) is 3.08. The molecule has 1 aromatic carbocycles. The molecule has 0 aliphatic carbocycles. The Labute approximate surface area is 172 Å². The van der Waals surface area contributed by atoms with E-state index in [0.29, 0.717) is 5.69 Å². The van der Waals surface area contributed by atoms with Crippen LogP contribution in [0.1, 0.15) is 43.7 Å². The number of ether oxygens (including phenoxy) is 3. The average molecular weight is 421 g/mol. The second kappa shape index (κ2) is 9.25. The van der Waals surface area contributed by atoms with E-state index in [0.717, 1.165) is 12.1 Å². The van der Waals surface area contributed by atoms with Crippen molar-refractivity contribution in [3.63, 3.8) is 0 Å². The van der Waals surface area contributed by atoms with Gasteiger partial charge in [-0.2, -0.15) is 0 Å². The standard InChI is InChI=1S/C19H23N3O8/c1-6-28-14-8-12(22(25)26)11(7-13(14)27-5)18(24)29-10-16(23)20-17-9-15(21-30-17)19(2,3)4/h7-9H,6,10H2,1-5H3,(H,20,23). The van der Waals surface area contributed by atoms with Crippen molar-refractivity contribution < 1.29 is 33.2 Å². The van der Waals surface area contributed by atoms with Gasteiger partial charge in [-0.15, -0.1) is 0 Å². The number of nitro benzene ring substituents is 1. The van der Waals surface area contributed by atoms with Crippen molar-refractivity contribution in [2.45, 2.75) is 33.1 Å². The molecule has 1 heterocycles. The molecule has 0 spiro atoms. The van der Waals surface area contributed by atoms with Crippen molar-refractivity contribution in [3.05, 3.63) is 39.6 Å². The van der Waals surface area contributed by atoms with E-state index in [1.165, 1.54) is 7.11 Å². The SMILES string of the molecule is CCOc1cc([N+](=O)[O-])c(C(=O)OCC(=O)Nc2cc(C(C)(C)C)no2)cc1OC. The number of carbonyl (C=O) groups excluding carboxylic acids is 2. The molecule has 1 amide bonds. The van der Waals surface area contributed by atoms with Crippen LogP contribution >= 0.6 is 0 Å². The van der Waals surface area contributed by atoms with E-state index < -0.39 is 29.1 Å². The van der Waals surface area contributed by atoms with Gasteiger partial charge in [0.25, 0.3) is 11.6 Å². The lowest BCUT2D eigenvalue weighted by atomic mass is 9.92. The highest BCUT2D eigenvalue weighted by atomic mass is 16.6. The first kappa shape index (κ1) is 22.7. The molecule has 2 rings (SSSR count). The van der Waals surface area contributed by atoms with Crippen molar-refractivity contribution in [1.82, 2.24) is 5.16 Å². The van der Waals surface area contributed by atoms with Crippen molar-refractivity contribution in [1.29, 1.82) is 0 Å². The fourth-order valence-corrected chi connectivity index (χ4v) is 2.36. The Morgan fingerprint density at radius 2 is 1.93 bits per heavy atom. The Balaban J connectivity index is 2.10. The van der Waals surface area contributed by atoms with Gasteiger partial charge in [0, 0.05) is 17.5 Å². The minimum Gasteiger partial charge on any atom is -0.493 e. The Morgan fingerprint density at radius 3 is 2.47 bits per heavy atom. The maximum absolute atomic E-state index is 12.4. The van der Waals surface area contributed by atoms with Crippen LogP contribution in [0.2, 0.25) is 0 Å². The molecule has 0 radical (unpaired) electrons. The third-order valence-electron chi connectivity index (χ3n) is 3.87. The fourth-order valence-electron chi connectivity index (χ4n) is 2.36. The first-order valence-corrected chi connectivity index (χ1v) is 9.00. The maximum Gasteiger partial charge on any atom is 0.345 e. The minimum absolute atomic E-state index is 0.0923. The van der Waals surface area contributed by atoms with E-state index in [2.05, 4.69) is 10.5 Å². The smallest absolute Gasteiger partial charge is 0.345 e. The number of nitrogens with zero attached hydrogens (tertiary/aromatic N) is 2. The largest absolute Gasteiger partial charge is 0.493 e. The number of rotatable bonds is 8. The minimum atomic E-state index is -1.06. The van der Waals surface area contributed by atoms with Crippen LogP contribution in [-0.2, 0) is 14.9 Å². The molecule has 11 heteroatoms. The Morgan fingerprint density at radius 1 is 1.23 bits per heavy atom. The summed E-state index contributed by atoms with van der Waals surface area (Å²) in [5, 5.41) is 17.6. The molecule has 0 aliphatic rings. The third-order valence-corrected chi connectivity index (χ3v) is 3.87. The molecule has 11 nitrogen and oxygen atoms in total. The van der Waals surface area contributed by atoms with Crippen LogP contribution in [0.15, 0.2) is 22.7 Å². The predicted molar refractivity (Wildman–Crippen MR) is 105 cm³/mol. The number of methoxy groups -OCH3 is 1. The third kappa shape index (κ3) is 5.46. The highest BCUT2D eigenvalue weighted by molar-refractivity contribution is 5.97. The molecule has 0 bridgehead atoms. The van der Waals surface area contributed by atoms with Gasteiger partial charge in [0.1, 0.15) is 5.56 Å². The summed E-state index contributed by atoms with van der Waals surface area (Å²) in [6.45, 7) is 7.04. The van der Waals surface area contributed by atoms with Crippen molar-refractivity contribution in [2.75, 3.05) is 25.6 Å². The van der Waals surface area contributed by atoms with Crippen LogP contribution in [0.5, 0.6) is 11.5 Å². The lowest BCUT2D eigenvalue weighted by molar-refractivity contribution is -0.385. The Hall–Kier alpha value is -3.63. The summed E-state index contributed by atoms with van der Waals surface area (Å²) in [5.74, 6) is -1.43. The van der Waals surface area contributed by atoms with Gasteiger partial charge in [0.15, 0.2) is 18.1 Å². The number of nitrogens with one attached hydrogen (secondary N) is 1. The summed E-state index contributed by atoms with van der Waals surface area (Å²) in [4.78, 5) is 35.0. The summed E-state index contributed by atoms with van der Waals surface area (Å²) in [6.07, 6.45) is 0. The molecule has 0 saturated carbocycles. The summed E-state index contributed by atoms with van der Waals surface area (Å²) in [6, 6.07) is 3.76. The Kier molecular flexibility index (Phi) is 6.98. The normalized spacial score (nSPS) is 11.0. The topological polar surface area (TPSA) is 143 Å². The number of esters is 1. The van der Waals surface area contributed by atoms with Gasteiger partial charge >= 0.3 is 5.97 Å². The number of amides is 1. The number of hydrogen-bond donors (Lipinski definition) is 1. The molecule has 0 atom stereocenters. The molecule has 0 fully saturated rings. The molecular weight excluding hydrogens is 398 g/mol. The molecule has 0 unspecified atom stereocenters. The van der Waals surface area contributed by atoms with Crippen LogP contribution in [0.25, 0.3) is 0 Å². The zero-order valence-electron chi connectivity index (χ0n) is 17.3. The number of benzene rings is 1. The number of aromatic nitrogens is 1. The highest BCUT2D eigenvalue weighted by Crippen LogP contribution is 2.35. The van der Waals surface area contributed by atoms with E-state index in [-0.39, 0.29) is 35.0 Å². The van der Waals surface area contributed by atoms with E-state index in [1.54, 1.807) is 13.0 Å². The number of carbonyl (C=O) groups is 2.